The second-order valence-electron chi connectivity index (χ2n) is 4.23. The molecule has 6 heteroatoms. The van der Waals surface area contributed by atoms with Gasteiger partial charge in [-0.1, -0.05) is 11.3 Å². The van der Waals surface area contributed by atoms with Gasteiger partial charge >= 0.3 is 6.09 Å². The number of carbonyl (C=O) groups is 1. The first kappa shape index (κ1) is 12.8. The summed E-state index contributed by atoms with van der Waals surface area (Å²) in [5.41, 5.74) is 0.208. The molecule has 0 aliphatic carbocycles. The lowest BCUT2D eigenvalue weighted by atomic mass is 10.2. The summed E-state index contributed by atoms with van der Waals surface area (Å²) in [6.07, 6.45) is -0.484. The molecule has 0 atom stereocenters. The lowest BCUT2D eigenvalue weighted by molar-refractivity contribution is 0.0636. The third kappa shape index (κ3) is 3.69. The molecular formula is C10H16N2O3S. The van der Waals surface area contributed by atoms with E-state index in [-0.39, 0.29) is 0 Å². The topological polar surface area (TPSA) is 60.5 Å². The zero-order valence-electron chi connectivity index (χ0n) is 10.1. The first-order valence-corrected chi connectivity index (χ1v) is 5.65. The molecule has 90 valence electrons. The van der Waals surface area contributed by atoms with E-state index in [1.807, 2.05) is 20.8 Å². The van der Waals surface area contributed by atoms with Crippen molar-refractivity contribution in [2.24, 2.45) is 0 Å². The van der Waals surface area contributed by atoms with Crippen LogP contribution < -0.4 is 10.1 Å². The van der Waals surface area contributed by atoms with Gasteiger partial charge in [0.15, 0.2) is 0 Å². The van der Waals surface area contributed by atoms with Gasteiger partial charge in [-0.3, -0.25) is 5.32 Å². The molecule has 1 amide bonds. The van der Waals surface area contributed by atoms with Crippen LogP contribution in [-0.4, -0.2) is 23.8 Å². The van der Waals surface area contributed by atoms with Crippen molar-refractivity contribution < 1.29 is 14.3 Å². The van der Waals surface area contributed by atoms with E-state index >= 15 is 0 Å². The summed E-state index contributed by atoms with van der Waals surface area (Å²) in [5.74, 6) is 0. The fourth-order valence-corrected chi connectivity index (χ4v) is 1.74. The molecule has 1 N–H and O–H groups in total. The quantitative estimate of drug-likeness (QED) is 0.869. The molecular weight excluding hydrogens is 228 g/mol. The molecule has 1 heterocycles. The number of aromatic nitrogens is 1. The van der Waals surface area contributed by atoms with E-state index in [0.717, 1.165) is 0 Å². The molecule has 1 aromatic rings. The highest BCUT2D eigenvalue weighted by Crippen LogP contribution is 2.29. The second kappa shape index (κ2) is 4.69. The number of carbonyl (C=O) groups excluding carboxylic acids is 1. The van der Waals surface area contributed by atoms with Crippen molar-refractivity contribution in [3.8, 4) is 5.19 Å². The van der Waals surface area contributed by atoms with E-state index in [9.17, 15) is 4.79 Å². The third-order valence-electron chi connectivity index (χ3n) is 1.57. The second-order valence-corrected chi connectivity index (χ2v) is 5.19. The van der Waals surface area contributed by atoms with E-state index in [0.29, 0.717) is 15.9 Å². The molecule has 1 aromatic heterocycles. The Morgan fingerprint density at radius 1 is 1.44 bits per heavy atom. The maximum atomic E-state index is 11.5. The maximum Gasteiger partial charge on any atom is 0.412 e. The summed E-state index contributed by atoms with van der Waals surface area (Å²) in [7, 11) is 1.54. The normalized spacial score (nSPS) is 11.1. The number of nitrogens with zero attached hydrogens (tertiary/aromatic N) is 1. The van der Waals surface area contributed by atoms with Gasteiger partial charge in [0, 0.05) is 0 Å². The van der Waals surface area contributed by atoms with Gasteiger partial charge < -0.3 is 9.47 Å². The van der Waals surface area contributed by atoms with Crippen molar-refractivity contribution in [2.45, 2.75) is 33.3 Å². The van der Waals surface area contributed by atoms with Crippen molar-refractivity contribution in [1.29, 1.82) is 0 Å². The van der Waals surface area contributed by atoms with Crippen LogP contribution in [0.25, 0.3) is 0 Å². The van der Waals surface area contributed by atoms with Gasteiger partial charge in [0.05, 0.1) is 12.8 Å². The zero-order chi connectivity index (χ0) is 12.3. The van der Waals surface area contributed by atoms with Crippen molar-refractivity contribution in [2.75, 3.05) is 12.4 Å². The first-order chi connectivity index (χ1) is 7.31. The number of aryl methyl sites for hydroxylation is 1. The molecule has 1 rings (SSSR count). The number of anilines is 1. The van der Waals surface area contributed by atoms with Gasteiger partial charge in [0.1, 0.15) is 10.6 Å². The van der Waals surface area contributed by atoms with Gasteiger partial charge in [-0.25, -0.2) is 9.78 Å². The number of ether oxygens (including phenoxy) is 2. The molecule has 0 radical (unpaired) electrons. The predicted molar refractivity (Wildman–Crippen MR) is 63.3 cm³/mol. The van der Waals surface area contributed by atoms with Crippen LogP contribution in [0.5, 0.6) is 5.19 Å². The van der Waals surface area contributed by atoms with Crippen LogP contribution in [-0.2, 0) is 4.74 Å². The van der Waals surface area contributed by atoms with Gasteiger partial charge in [0.2, 0.25) is 0 Å². The standard InChI is InChI=1S/C10H16N2O3S/c1-6-7(16-9(11-6)14-5)12-8(13)15-10(2,3)4/h1-5H3,(H,12,13). The average molecular weight is 244 g/mol. The number of hydrogen-bond donors (Lipinski definition) is 1. The highest BCUT2D eigenvalue weighted by Gasteiger charge is 2.18. The fraction of sp³-hybridized carbons (Fsp3) is 0.600. The molecule has 16 heavy (non-hydrogen) atoms. The van der Waals surface area contributed by atoms with Crippen LogP contribution in [0.4, 0.5) is 9.80 Å². The Labute approximate surface area is 98.8 Å². The summed E-state index contributed by atoms with van der Waals surface area (Å²) in [6, 6.07) is 0. The number of thiazole rings is 1. The monoisotopic (exact) mass is 244 g/mol. The van der Waals surface area contributed by atoms with Crippen molar-refractivity contribution in [1.82, 2.24) is 4.98 Å². The number of methoxy groups -OCH3 is 1. The predicted octanol–water partition coefficient (Wildman–Crippen LogP) is 2.81. The molecule has 0 saturated carbocycles. The average Bonchev–Trinajstić information content (AvgIpc) is 2.44. The van der Waals surface area contributed by atoms with Crippen molar-refractivity contribution in [3.63, 3.8) is 0 Å². The minimum Gasteiger partial charge on any atom is -0.473 e. The van der Waals surface area contributed by atoms with Crippen LogP contribution in [0.3, 0.4) is 0 Å². The van der Waals surface area contributed by atoms with Gasteiger partial charge in [-0.2, -0.15) is 0 Å². The summed E-state index contributed by atoms with van der Waals surface area (Å²) in [6.45, 7) is 7.23. The minimum absolute atomic E-state index is 0.484. The van der Waals surface area contributed by atoms with Crippen LogP contribution in [0.2, 0.25) is 0 Å². The van der Waals surface area contributed by atoms with Crippen molar-refractivity contribution >= 4 is 22.4 Å². The van der Waals surface area contributed by atoms with Gasteiger partial charge in [-0.15, -0.1) is 0 Å². The Balaban J connectivity index is 2.66. The van der Waals surface area contributed by atoms with Gasteiger partial charge in [-0.05, 0) is 27.7 Å². The molecule has 0 aromatic carbocycles. The number of nitrogens with one attached hydrogen (secondary N) is 1. The van der Waals surface area contributed by atoms with Gasteiger partial charge in [0.25, 0.3) is 5.19 Å². The number of rotatable bonds is 2. The maximum absolute atomic E-state index is 11.5. The van der Waals surface area contributed by atoms with E-state index in [1.54, 1.807) is 6.92 Å². The first-order valence-electron chi connectivity index (χ1n) is 4.83. The largest absolute Gasteiger partial charge is 0.473 e. The van der Waals surface area contributed by atoms with E-state index in [1.165, 1.54) is 18.4 Å². The Bertz CT molecular complexity index is 382. The third-order valence-corrected chi connectivity index (χ3v) is 2.60. The molecule has 0 aliphatic rings. The zero-order valence-corrected chi connectivity index (χ0v) is 10.9. The summed E-state index contributed by atoms with van der Waals surface area (Å²) >= 11 is 1.27. The minimum atomic E-state index is -0.507. The lowest BCUT2D eigenvalue weighted by Gasteiger charge is -2.19. The summed E-state index contributed by atoms with van der Waals surface area (Å²) in [5, 5.41) is 3.80. The summed E-state index contributed by atoms with van der Waals surface area (Å²) < 4.78 is 10.1. The van der Waals surface area contributed by atoms with Crippen LogP contribution in [0.15, 0.2) is 0 Å². The summed E-state index contributed by atoms with van der Waals surface area (Å²) in [4.78, 5) is 15.6. The van der Waals surface area contributed by atoms with E-state index in [2.05, 4.69) is 10.3 Å². The highest BCUT2D eigenvalue weighted by molar-refractivity contribution is 7.17. The van der Waals surface area contributed by atoms with Crippen LogP contribution in [0.1, 0.15) is 26.5 Å². The van der Waals surface area contributed by atoms with E-state index in [4.69, 9.17) is 9.47 Å². The molecule has 0 aliphatic heterocycles. The number of amides is 1. The number of hydrogen-bond acceptors (Lipinski definition) is 5. The lowest BCUT2D eigenvalue weighted by Crippen LogP contribution is -2.27. The van der Waals surface area contributed by atoms with Crippen molar-refractivity contribution in [3.05, 3.63) is 5.69 Å². The Morgan fingerprint density at radius 2 is 2.06 bits per heavy atom. The van der Waals surface area contributed by atoms with Crippen LogP contribution in [0, 0.1) is 6.92 Å². The Hall–Kier alpha value is -1.30. The molecule has 0 saturated heterocycles. The SMILES string of the molecule is COc1nc(C)c(NC(=O)OC(C)(C)C)s1. The smallest absolute Gasteiger partial charge is 0.412 e. The Kier molecular flexibility index (Phi) is 3.74. The molecule has 0 spiro atoms. The highest BCUT2D eigenvalue weighted by atomic mass is 32.1. The molecule has 0 unspecified atom stereocenters. The van der Waals surface area contributed by atoms with Crippen LogP contribution >= 0.6 is 11.3 Å². The molecule has 0 bridgehead atoms. The molecule has 5 nitrogen and oxygen atoms in total. The Morgan fingerprint density at radius 3 is 2.50 bits per heavy atom. The fourth-order valence-electron chi connectivity index (χ4n) is 0.971. The van der Waals surface area contributed by atoms with E-state index < -0.39 is 11.7 Å². The molecule has 0 fully saturated rings.